The summed E-state index contributed by atoms with van der Waals surface area (Å²) < 4.78 is 6.17. The Morgan fingerprint density at radius 1 is 1.00 bits per heavy atom. The van der Waals surface area contributed by atoms with Crippen LogP contribution in [-0.2, 0) is 29.6 Å². The van der Waals surface area contributed by atoms with Crippen LogP contribution in [0.25, 0.3) is 0 Å². The Bertz CT molecular complexity index is 1350. The molecule has 4 bridgehead atoms. The van der Waals surface area contributed by atoms with Gasteiger partial charge in [-0.15, -0.1) is 21.5 Å². The van der Waals surface area contributed by atoms with Gasteiger partial charge in [0.1, 0.15) is 5.00 Å². The van der Waals surface area contributed by atoms with Crippen molar-refractivity contribution in [3.63, 3.8) is 0 Å². The first-order chi connectivity index (χ1) is 19.0. The van der Waals surface area contributed by atoms with Crippen LogP contribution in [0.2, 0.25) is 0 Å². The highest BCUT2D eigenvalue weighted by atomic mass is 32.2. The summed E-state index contributed by atoms with van der Waals surface area (Å²) >= 11 is 2.83. The van der Waals surface area contributed by atoms with Gasteiger partial charge in [-0.1, -0.05) is 42.1 Å². The Hall–Kier alpha value is -2.65. The number of thiophene rings is 1. The molecule has 0 aliphatic heterocycles. The van der Waals surface area contributed by atoms with Crippen LogP contribution < -0.4 is 10.6 Å². The summed E-state index contributed by atoms with van der Waals surface area (Å²) in [6.07, 6.45) is 11.6. The summed E-state index contributed by atoms with van der Waals surface area (Å²) in [7, 11) is 0. The van der Waals surface area contributed by atoms with Crippen LogP contribution in [0.3, 0.4) is 0 Å². The molecular formula is C30H34N4O3S2. The molecule has 0 unspecified atom stereocenters. The van der Waals surface area contributed by atoms with Crippen molar-refractivity contribution in [2.45, 2.75) is 81.4 Å². The molecular weight excluding hydrogens is 528 g/mol. The molecule has 2 amide bonds. The van der Waals surface area contributed by atoms with Crippen LogP contribution in [0.4, 0.5) is 5.00 Å². The first-order valence-electron chi connectivity index (χ1n) is 14.3. The molecule has 7 nitrogen and oxygen atoms in total. The Kier molecular flexibility index (Phi) is 6.75. The van der Waals surface area contributed by atoms with E-state index in [9.17, 15) is 9.59 Å². The first kappa shape index (κ1) is 25.3. The SMILES string of the molecule is O=C(CSc1nnc(C23CC4CC(CC(C4)C2)C3)o1)Nc1sc2c(c1C(=O)NCc1ccccc1)CCCC2. The number of carbonyl (C=O) groups excluding carboxylic acids is 2. The quantitative estimate of drug-likeness (QED) is 0.320. The van der Waals surface area contributed by atoms with Crippen molar-refractivity contribution in [1.82, 2.24) is 15.5 Å². The topological polar surface area (TPSA) is 97.1 Å². The number of anilines is 1. The van der Waals surface area contributed by atoms with Crippen molar-refractivity contribution in [2.75, 3.05) is 11.1 Å². The maximum Gasteiger partial charge on any atom is 0.277 e. The van der Waals surface area contributed by atoms with Gasteiger partial charge in [-0.25, -0.2) is 0 Å². The third-order valence-electron chi connectivity index (χ3n) is 9.17. The first-order valence-corrected chi connectivity index (χ1v) is 16.1. The maximum atomic E-state index is 13.3. The number of nitrogens with zero attached hydrogens (tertiary/aromatic N) is 2. The molecule has 5 aliphatic rings. The monoisotopic (exact) mass is 562 g/mol. The van der Waals surface area contributed by atoms with E-state index in [2.05, 4.69) is 20.8 Å². The van der Waals surface area contributed by atoms with Gasteiger partial charge in [-0.05, 0) is 93.1 Å². The lowest BCUT2D eigenvalue weighted by molar-refractivity contribution is -0.113. The molecule has 4 fully saturated rings. The number of aryl methyl sites for hydroxylation is 1. The van der Waals surface area contributed by atoms with Crippen molar-refractivity contribution in [1.29, 1.82) is 0 Å². The number of amides is 2. The van der Waals surface area contributed by atoms with E-state index >= 15 is 0 Å². The van der Waals surface area contributed by atoms with Gasteiger partial charge in [-0.2, -0.15) is 0 Å². The maximum absolute atomic E-state index is 13.3. The normalized spacial score (nSPS) is 26.8. The standard InChI is InChI=1S/C30H34N4O3S2/c35-24(17-38-29-34-33-28(37-29)30-13-19-10-20(14-30)12-21(11-19)15-30)32-27-25(22-8-4-5-9-23(22)39-27)26(36)31-16-18-6-2-1-3-7-18/h1-3,6-7,19-21H,4-5,8-17H2,(H,31,36)(H,32,35). The second kappa shape index (κ2) is 10.4. The summed E-state index contributed by atoms with van der Waals surface area (Å²) in [6, 6.07) is 9.88. The van der Waals surface area contributed by atoms with E-state index in [0.29, 0.717) is 22.3 Å². The largest absolute Gasteiger partial charge is 0.415 e. The minimum Gasteiger partial charge on any atom is -0.415 e. The van der Waals surface area contributed by atoms with E-state index in [1.54, 1.807) is 11.3 Å². The molecule has 2 heterocycles. The predicted molar refractivity (Wildman–Crippen MR) is 152 cm³/mol. The number of thioether (sulfide) groups is 1. The zero-order valence-electron chi connectivity index (χ0n) is 22.0. The number of aromatic nitrogens is 2. The summed E-state index contributed by atoms with van der Waals surface area (Å²) in [6.45, 7) is 0.455. The molecule has 0 saturated heterocycles. The zero-order valence-corrected chi connectivity index (χ0v) is 23.7. The highest BCUT2D eigenvalue weighted by Gasteiger charge is 2.54. The fourth-order valence-electron chi connectivity index (χ4n) is 7.91. The average molecular weight is 563 g/mol. The van der Waals surface area contributed by atoms with Crippen molar-refractivity contribution in [2.24, 2.45) is 17.8 Å². The Labute approximate surface area is 236 Å². The highest BCUT2D eigenvalue weighted by Crippen LogP contribution is 2.60. The number of fused-ring (bicyclic) bond motifs is 1. The second-order valence-corrected chi connectivity index (χ2v) is 14.0. The molecule has 0 spiro atoms. The molecule has 8 rings (SSSR count). The molecule has 39 heavy (non-hydrogen) atoms. The molecule has 4 saturated carbocycles. The lowest BCUT2D eigenvalue weighted by Gasteiger charge is -2.55. The molecule has 2 aromatic heterocycles. The van der Waals surface area contributed by atoms with Crippen LogP contribution in [0.15, 0.2) is 40.0 Å². The van der Waals surface area contributed by atoms with Crippen LogP contribution in [0, 0.1) is 17.8 Å². The average Bonchev–Trinajstić information content (AvgIpc) is 3.56. The minimum absolute atomic E-state index is 0.0564. The second-order valence-electron chi connectivity index (χ2n) is 12.0. The van der Waals surface area contributed by atoms with Crippen LogP contribution in [0.5, 0.6) is 0 Å². The number of rotatable bonds is 8. The van der Waals surface area contributed by atoms with Gasteiger partial charge in [0, 0.05) is 16.8 Å². The molecule has 204 valence electrons. The lowest BCUT2D eigenvalue weighted by Crippen LogP contribution is -2.48. The summed E-state index contributed by atoms with van der Waals surface area (Å²) in [5.74, 6) is 3.08. The van der Waals surface area contributed by atoms with Gasteiger partial charge in [-0.3, -0.25) is 9.59 Å². The summed E-state index contributed by atoms with van der Waals surface area (Å²) in [4.78, 5) is 27.6. The number of hydrogen-bond donors (Lipinski definition) is 2. The van der Waals surface area contributed by atoms with Gasteiger partial charge < -0.3 is 15.1 Å². The van der Waals surface area contributed by atoms with E-state index in [1.807, 2.05) is 30.3 Å². The van der Waals surface area contributed by atoms with E-state index in [4.69, 9.17) is 4.42 Å². The van der Waals surface area contributed by atoms with Crippen molar-refractivity contribution in [3.05, 3.63) is 57.8 Å². The Morgan fingerprint density at radius 2 is 1.72 bits per heavy atom. The van der Waals surface area contributed by atoms with Crippen molar-refractivity contribution < 1.29 is 14.0 Å². The van der Waals surface area contributed by atoms with Gasteiger partial charge in [0.25, 0.3) is 11.1 Å². The molecule has 0 radical (unpaired) electrons. The molecule has 1 aromatic carbocycles. The van der Waals surface area contributed by atoms with Crippen LogP contribution in [0.1, 0.15) is 83.6 Å². The molecule has 9 heteroatoms. The summed E-state index contributed by atoms with van der Waals surface area (Å²) in [5, 5.41) is 16.0. The van der Waals surface area contributed by atoms with Crippen molar-refractivity contribution in [3.8, 4) is 0 Å². The minimum atomic E-state index is -0.162. The number of benzene rings is 1. The van der Waals surface area contributed by atoms with Crippen LogP contribution >= 0.6 is 23.1 Å². The fraction of sp³-hybridized carbons (Fsp3) is 0.533. The van der Waals surface area contributed by atoms with Crippen molar-refractivity contribution >= 4 is 39.9 Å². The van der Waals surface area contributed by atoms with E-state index < -0.39 is 0 Å². The van der Waals surface area contributed by atoms with Gasteiger partial charge >= 0.3 is 0 Å². The van der Waals surface area contributed by atoms with Gasteiger partial charge in [0.05, 0.1) is 11.3 Å². The molecule has 0 atom stereocenters. The Balaban J connectivity index is 1.01. The third-order valence-corrected chi connectivity index (χ3v) is 11.2. The molecule has 2 N–H and O–H groups in total. The zero-order chi connectivity index (χ0) is 26.4. The van der Waals surface area contributed by atoms with E-state index in [-0.39, 0.29) is 23.0 Å². The summed E-state index contributed by atoms with van der Waals surface area (Å²) in [5.41, 5.74) is 2.83. The Morgan fingerprint density at radius 3 is 2.46 bits per heavy atom. The van der Waals surface area contributed by atoms with E-state index in [1.165, 1.54) is 55.2 Å². The van der Waals surface area contributed by atoms with Gasteiger partial charge in [0.2, 0.25) is 11.8 Å². The number of hydrogen-bond acceptors (Lipinski definition) is 7. The molecule has 3 aromatic rings. The predicted octanol–water partition coefficient (Wildman–Crippen LogP) is 6.14. The lowest BCUT2D eigenvalue weighted by atomic mass is 9.49. The third kappa shape index (κ3) is 5.04. The smallest absolute Gasteiger partial charge is 0.277 e. The number of nitrogens with one attached hydrogen (secondary N) is 2. The van der Waals surface area contributed by atoms with Gasteiger partial charge in [0.15, 0.2) is 0 Å². The number of carbonyl (C=O) groups is 2. The highest BCUT2D eigenvalue weighted by molar-refractivity contribution is 7.99. The van der Waals surface area contributed by atoms with Crippen LogP contribution in [-0.4, -0.2) is 27.8 Å². The fourth-order valence-corrected chi connectivity index (χ4v) is 9.77. The van der Waals surface area contributed by atoms with E-state index in [0.717, 1.165) is 60.5 Å². The molecule has 5 aliphatic carbocycles.